The number of rotatable bonds is 2. The monoisotopic (exact) mass is 273 g/mol. The van der Waals surface area contributed by atoms with Crippen LogP contribution in [0.25, 0.3) is 11.3 Å². The highest BCUT2D eigenvalue weighted by molar-refractivity contribution is 7.38. The van der Waals surface area contributed by atoms with Crippen molar-refractivity contribution < 1.29 is 0 Å². The Morgan fingerprint density at radius 2 is 2.05 bits per heavy atom. The average molecular weight is 273 g/mol. The quantitative estimate of drug-likeness (QED) is 0.846. The number of nitrogen functional groups attached to an aromatic ring is 1. The fourth-order valence-corrected chi connectivity index (χ4v) is 4.20. The first-order chi connectivity index (χ1) is 9.24. The molecule has 0 aliphatic carbocycles. The molecule has 1 aliphatic rings. The summed E-state index contributed by atoms with van der Waals surface area (Å²) in [6, 6.07) is 10.6. The fraction of sp³-hybridized carbons (Fsp3) is 0.400. The molecule has 100 valence electrons. The molecule has 0 spiro atoms. The van der Waals surface area contributed by atoms with Crippen molar-refractivity contribution >= 4 is 14.4 Å². The van der Waals surface area contributed by atoms with Gasteiger partial charge in [-0.2, -0.15) is 5.10 Å². The van der Waals surface area contributed by atoms with E-state index in [1.807, 2.05) is 6.07 Å². The topological polar surface area (TPSA) is 43.8 Å². The van der Waals surface area contributed by atoms with Gasteiger partial charge in [-0.05, 0) is 31.5 Å². The summed E-state index contributed by atoms with van der Waals surface area (Å²) in [4.78, 5) is 0. The van der Waals surface area contributed by atoms with Crippen LogP contribution < -0.4 is 5.73 Å². The largest absolute Gasteiger partial charge is 0.382 e. The third-order valence-electron chi connectivity index (χ3n) is 3.68. The van der Waals surface area contributed by atoms with Gasteiger partial charge in [0.1, 0.15) is 5.82 Å². The molecule has 4 heteroatoms. The van der Waals surface area contributed by atoms with Crippen LogP contribution in [0, 0.1) is 6.92 Å². The summed E-state index contributed by atoms with van der Waals surface area (Å²) < 4.78 is 2.16. The smallest absolute Gasteiger partial charge is 0.146 e. The van der Waals surface area contributed by atoms with E-state index in [1.165, 1.54) is 36.6 Å². The third kappa shape index (κ3) is 2.66. The minimum absolute atomic E-state index is 0.544. The van der Waals surface area contributed by atoms with Gasteiger partial charge in [-0.25, -0.2) is 0 Å². The molecule has 0 radical (unpaired) electrons. The Bertz CT molecular complexity index is 553. The molecule has 1 fully saturated rings. The molecule has 1 aromatic heterocycles. The zero-order chi connectivity index (χ0) is 13.2. The standard InChI is InChI=1S/C15H20N3P/c1-11-5-7-12(8-6-11)13-10-14(16)17-18(13)15-4-2-3-9-19-15/h5-8,10,15,19H,2-4,9H2,1H3,(H2,16,17). The Hall–Kier alpha value is -1.34. The third-order valence-corrected chi connectivity index (χ3v) is 5.33. The summed E-state index contributed by atoms with van der Waals surface area (Å²) in [5.74, 6) is 1.17. The maximum absolute atomic E-state index is 5.92. The predicted octanol–water partition coefficient (Wildman–Crippen LogP) is 3.80. The van der Waals surface area contributed by atoms with Crippen LogP contribution in [-0.4, -0.2) is 15.9 Å². The van der Waals surface area contributed by atoms with E-state index in [1.54, 1.807) is 0 Å². The molecule has 1 aromatic carbocycles. The summed E-state index contributed by atoms with van der Waals surface area (Å²) in [6.07, 6.45) is 5.24. The Morgan fingerprint density at radius 3 is 2.74 bits per heavy atom. The lowest BCUT2D eigenvalue weighted by atomic mass is 10.1. The van der Waals surface area contributed by atoms with E-state index in [9.17, 15) is 0 Å². The summed E-state index contributed by atoms with van der Waals surface area (Å²) >= 11 is 0. The molecule has 0 amide bonds. The van der Waals surface area contributed by atoms with Gasteiger partial charge in [-0.15, -0.1) is 0 Å². The fourth-order valence-electron chi connectivity index (χ4n) is 2.63. The van der Waals surface area contributed by atoms with Crippen LogP contribution in [-0.2, 0) is 0 Å². The van der Waals surface area contributed by atoms with Gasteiger partial charge in [0, 0.05) is 6.07 Å². The summed E-state index contributed by atoms with van der Waals surface area (Å²) in [6.45, 7) is 2.11. The molecule has 2 N–H and O–H groups in total. The van der Waals surface area contributed by atoms with Gasteiger partial charge in [0.25, 0.3) is 0 Å². The number of nitrogens with two attached hydrogens (primary N) is 1. The Labute approximate surface area is 116 Å². The number of benzene rings is 1. The highest BCUT2D eigenvalue weighted by atomic mass is 31.1. The second kappa shape index (κ2) is 5.34. The van der Waals surface area contributed by atoms with Gasteiger partial charge in [-0.1, -0.05) is 44.8 Å². The van der Waals surface area contributed by atoms with Crippen LogP contribution in [0.4, 0.5) is 5.82 Å². The molecule has 2 unspecified atom stereocenters. The van der Waals surface area contributed by atoms with E-state index in [2.05, 4.69) is 41.0 Å². The van der Waals surface area contributed by atoms with Crippen molar-refractivity contribution in [2.45, 2.75) is 32.0 Å². The zero-order valence-electron chi connectivity index (χ0n) is 11.3. The predicted molar refractivity (Wildman–Crippen MR) is 82.9 cm³/mol. The second-order valence-electron chi connectivity index (χ2n) is 5.23. The SMILES string of the molecule is Cc1ccc(-c2cc(N)nn2C2CCCCP2)cc1. The van der Waals surface area contributed by atoms with E-state index < -0.39 is 0 Å². The van der Waals surface area contributed by atoms with Crippen molar-refractivity contribution in [3.05, 3.63) is 35.9 Å². The average Bonchev–Trinajstić information content (AvgIpc) is 2.83. The van der Waals surface area contributed by atoms with Gasteiger partial charge in [0.05, 0.1) is 11.5 Å². The summed E-state index contributed by atoms with van der Waals surface area (Å²) in [5.41, 5.74) is 9.58. The van der Waals surface area contributed by atoms with Gasteiger partial charge >= 0.3 is 0 Å². The molecule has 19 heavy (non-hydrogen) atoms. The van der Waals surface area contributed by atoms with Crippen LogP contribution in [0.3, 0.4) is 0 Å². The van der Waals surface area contributed by atoms with E-state index in [0.717, 1.165) is 14.3 Å². The molecule has 2 heterocycles. The molecule has 1 saturated heterocycles. The van der Waals surface area contributed by atoms with Crippen molar-refractivity contribution in [2.75, 3.05) is 11.9 Å². The van der Waals surface area contributed by atoms with E-state index in [4.69, 9.17) is 5.73 Å². The van der Waals surface area contributed by atoms with Crippen LogP contribution in [0.2, 0.25) is 0 Å². The summed E-state index contributed by atoms with van der Waals surface area (Å²) in [5, 5.41) is 4.53. The van der Waals surface area contributed by atoms with Gasteiger partial charge in [0.2, 0.25) is 0 Å². The number of aromatic nitrogens is 2. The number of aryl methyl sites for hydroxylation is 1. The number of nitrogens with zero attached hydrogens (tertiary/aromatic N) is 2. The molecule has 0 bridgehead atoms. The van der Waals surface area contributed by atoms with Gasteiger partial charge < -0.3 is 5.73 Å². The van der Waals surface area contributed by atoms with Gasteiger partial charge in [0.15, 0.2) is 0 Å². The summed E-state index contributed by atoms with van der Waals surface area (Å²) in [7, 11) is 0.967. The molecular formula is C15H20N3P. The lowest BCUT2D eigenvalue weighted by molar-refractivity contribution is 0.524. The maximum Gasteiger partial charge on any atom is 0.146 e. The lowest BCUT2D eigenvalue weighted by Gasteiger charge is -2.24. The minimum atomic E-state index is 0.544. The minimum Gasteiger partial charge on any atom is -0.382 e. The Balaban J connectivity index is 1.98. The van der Waals surface area contributed by atoms with Crippen molar-refractivity contribution in [3.63, 3.8) is 0 Å². The molecule has 1 aliphatic heterocycles. The van der Waals surface area contributed by atoms with Crippen molar-refractivity contribution in [1.82, 2.24) is 9.78 Å². The lowest BCUT2D eigenvalue weighted by Crippen LogP contribution is -2.11. The second-order valence-corrected chi connectivity index (χ2v) is 6.81. The first-order valence-electron chi connectivity index (χ1n) is 6.89. The Morgan fingerprint density at radius 1 is 1.26 bits per heavy atom. The van der Waals surface area contributed by atoms with Crippen molar-refractivity contribution in [3.8, 4) is 11.3 Å². The first kappa shape index (κ1) is 12.7. The van der Waals surface area contributed by atoms with Crippen LogP contribution >= 0.6 is 8.58 Å². The van der Waals surface area contributed by atoms with Gasteiger partial charge in [-0.3, -0.25) is 4.68 Å². The normalized spacial score (nSPS) is 20.8. The van der Waals surface area contributed by atoms with Crippen LogP contribution in [0.5, 0.6) is 0 Å². The van der Waals surface area contributed by atoms with E-state index in [-0.39, 0.29) is 0 Å². The van der Waals surface area contributed by atoms with Crippen molar-refractivity contribution in [1.29, 1.82) is 0 Å². The molecule has 2 atom stereocenters. The van der Waals surface area contributed by atoms with Crippen molar-refractivity contribution in [2.24, 2.45) is 0 Å². The van der Waals surface area contributed by atoms with E-state index in [0.29, 0.717) is 11.6 Å². The molecule has 2 aromatic rings. The maximum atomic E-state index is 5.92. The van der Waals surface area contributed by atoms with Crippen LogP contribution in [0.1, 0.15) is 30.6 Å². The highest BCUT2D eigenvalue weighted by Crippen LogP contribution is 2.41. The Kier molecular flexibility index (Phi) is 3.56. The number of hydrogen-bond acceptors (Lipinski definition) is 2. The number of hydrogen-bond donors (Lipinski definition) is 1. The first-order valence-corrected chi connectivity index (χ1v) is 8.18. The molecular weight excluding hydrogens is 253 g/mol. The van der Waals surface area contributed by atoms with Crippen LogP contribution in [0.15, 0.2) is 30.3 Å². The number of anilines is 1. The molecule has 3 nitrogen and oxygen atoms in total. The van der Waals surface area contributed by atoms with E-state index >= 15 is 0 Å². The zero-order valence-corrected chi connectivity index (χ0v) is 12.3. The molecule has 3 rings (SSSR count). The highest BCUT2D eigenvalue weighted by Gasteiger charge is 2.19. The molecule has 0 saturated carbocycles.